The van der Waals surface area contributed by atoms with Crippen LogP contribution in [0.5, 0.6) is 11.5 Å². The minimum absolute atomic E-state index is 0.0440. The van der Waals surface area contributed by atoms with Crippen molar-refractivity contribution in [3.63, 3.8) is 0 Å². The van der Waals surface area contributed by atoms with Crippen molar-refractivity contribution in [2.45, 2.75) is 13.0 Å². The third kappa shape index (κ3) is 7.22. The lowest BCUT2D eigenvalue weighted by Crippen LogP contribution is -2.42. The number of nitrogens with one attached hydrogen (secondary N) is 3. The van der Waals surface area contributed by atoms with E-state index in [0.717, 1.165) is 0 Å². The second-order valence-corrected chi connectivity index (χ2v) is 8.79. The Morgan fingerprint density at radius 1 is 0.914 bits per heavy atom. The maximum absolute atomic E-state index is 12.6. The van der Waals surface area contributed by atoms with E-state index in [1.807, 2.05) is 0 Å². The van der Waals surface area contributed by atoms with Gasteiger partial charge in [0.05, 0.1) is 28.4 Å². The molecule has 0 fully saturated rings. The number of carbonyl (C=O) groups is 2. The smallest absolute Gasteiger partial charge is 0.266 e. The SMILES string of the molecule is COc1cc(NC(=S)NC(=O)C(C)Oc2ccc(Cl)cc2Cl)ccc1NC(=O)c1ccccc1Cl. The van der Waals surface area contributed by atoms with Crippen molar-refractivity contribution in [3.8, 4) is 11.5 Å². The van der Waals surface area contributed by atoms with Gasteiger partial charge in [-0.1, -0.05) is 46.9 Å². The molecule has 0 heterocycles. The largest absolute Gasteiger partial charge is 0.494 e. The zero-order valence-electron chi connectivity index (χ0n) is 18.5. The number of ether oxygens (including phenoxy) is 2. The number of carbonyl (C=O) groups excluding carboxylic acids is 2. The van der Waals surface area contributed by atoms with Gasteiger partial charge in [-0.05, 0) is 61.6 Å². The average molecular weight is 553 g/mol. The maximum Gasteiger partial charge on any atom is 0.266 e. The summed E-state index contributed by atoms with van der Waals surface area (Å²) in [5.41, 5.74) is 1.29. The Balaban J connectivity index is 1.61. The Hall–Kier alpha value is -3.04. The summed E-state index contributed by atoms with van der Waals surface area (Å²) in [6.07, 6.45) is -0.884. The van der Waals surface area contributed by atoms with E-state index in [0.29, 0.717) is 38.5 Å². The Bertz CT molecular complexity index is 1270. The number of hydrogen-bond donors (Lipinski definition) is 3. The first-order valence-corrected chi connectivity index (χ1v) is 11.7. The lowest BCUT2D eigenvalue weighted by Gasteiger charge is -2.17. The first-order chi connectivity index (χ1) is 16.7. The van der Waals surface area contributed by atoms with Gasteiger partial charge in [0.2, 0.25) is 0 Å². The summed E-state index contributed by atoms with van der Waals surface area (Å²) in [6, 6.07) is 16.3. The summed E-state index contributed by atoms with van der Waals surface area (Å²) in [4.78, 5) is 25.0. The molecule has 0 aliphatic rings. The minimum Gasteiger partial charge on any atom is -0.494 e. The van der Waals surface area contributed by atoms with Crippen molar-refractivity contribution in [2.75, 3.05) is 17.7 Å². The molecule has 0 spiro atoms. The number of benzene rings is 3. The van der Waals surface area contributed by atoms with Gasteiger partial charge in [0.15, 0.2) is 11.2 Å². The summed E-state index contributed by atoms with van der Waals surface area (Å²) in [7, 11) is 1.46. The van der Waals surface area contributed by atoms with Crippen LogP contribution >= 0.6 is 47.0 Å². The highest BCUT2D eigenvalue weighted by atomic mass is 35.5. The van der Waals surface area contributed by atoms with E-state index in [1.165, 1.54) is 13.2 Å². The highest BCUT2D eigenvalue weighted by Crippen LogP contribution is 2.30. The summed E-state index contributed by atoms with van der Waals surface area (Å²) in [6.45, 7) is 1.56. The van der Waals surface area contributed by atoms with Gasteiger partial charge in [0, 0.05) is 16.8 Å². The van der Waals surface area contributed by atoms with E-state index < -0.39 is 12.0 Å². The van der Waals surface area contributed by atoms with Crippen LogP contribution in [0, 0.1) is 0 Å². The van der Waals surface area contributed by atoms with Gasteiger partial charge in [-0.25, -0.2) is 0 Å². The van der Waals surface area contributed by atoms with Crippen LogP contribution in [0.15, 0.2) is 60.7 Å². The van der Waals surface area contributed by atoms with E-state index >= 15 is 0 Å². The van der Waals surface area contributed by atoms with Crippen LogP contribution in [0.2, 0.25) is 15.1 Å². The highest BCUT2D eigenvalue weighted by molar-refractivity contribution is 7.80. The molecule has 35 heavy (non-hydrogen) atoms. The summed E-state index contributed by atoms with van der Waals surface area (Å²) < 4.78 is 11.0. The van der Waals surface area contributed by atoms with E-state index in [-0.39, 0.29) is 16.0 Å². The monoisotopic (exact) mass is 551 g/mol. The summed E-state index contributed by atoms with van der Waals surface area (Å²) in [5, 5.41) is 9.32. The molecule has 182 valence electrons. The number of halogens is 3. The topological polar surface area (TPSA) is 88.7 Å². The van der Waals surface area contributed by atoms with E-state index in [4.69, 9.17) is 56.5 Å². The van der Waals surface area contributed by atoms with Crippen LogP contribution in [0.3, 0.4) is 0 Å². The molecule has 7 nitrogen and oxygen atoms in total. The molecular weight excluding hydrogens is 533 g/mol. The Morgan fingerprint density at radius 2 is 1.66 bits per heavy atom. The Labute approximate surface area is 222 Å². The van der Waals surface area contributed by atoms with Crippen LogP contribution in [0.25, 0.3) is 0 Å². The summed E-state index contributed by atoms with van der Waals surface area (Å²) >= 11 is 23.3. The molecule has 0 aliphatic carbocycles. The van der Waals surface area contributed by atoms with Crippen molar-refractivity contribution < 1.29 is 19.1 Å². The van der Waals surface area contributed by atoms with Crippen LogP contribution in [0.1, 0.15) is 17.3 Å². The number of rotatable bonds is 7. The van der Waals surface area contributed by atoms with Gasteiger partial charge in [-0.2, -0.15) is 0 Å². The molecule has 3 rings (SSSR count). The molecule has 0 aromatic heterocycles. The van der Waals surface area contributed by atoms with Crippen molar-refractivity contribution in [3.05, 3.63) is 81.3 Å². The lowest BCUT2D eigenvalue weighted by molar-refractivity contribution is -0.125. The first-order valence-electron chi connectivity index (χ1n) is 10.2. The van der Waals surface area contributed by atoms with Gasteiger partial charge in [0.25, 0.3) is 11.8 Å². The van der Waals surface area contributed by atoms with E-state index in [1.54, 1.807) is 61.5 Å². The third-order valence-corrected chi connectivity index (χ3v) is 5.69. The standard InChI is InChI=1S/C24H20Cl3N3O4S/c1-13(34-20-10-7-14(25)11-18(20)27)22(31)30-24(35)28-15-8-9-19(21(12-15)33-2)29-23(32)16-5-3-4-6-17(16)26/h3-13H,1-2H3,(H,29,32)(H2,28,30,31,35). The molecule has 3 aromatic rings. The maximum atomic E-state index is 12.6. The van der Waals surface area contributed by atoms with Gasteiger partial charge >= 0.3 is 0 Å². The normalized spacial score (nSPS) is 11.2. The predicted molar refractivity (Wildman–Crippen MR) is 143 cm³/mol. The molecule has 0 bridgehead atoms. The fourth-order valence-corrected chi connectivity index (χ4v) is 3.79. The average Bonchev–Trinajstić information content (AvgIpc) is 2.81. The molecule has 1 unspecified atom stereocenters. The van der Waals surface area contributed by atoms with Crippen LogP contribution in [-0.4, -0.2) is 30.1 Å². The fourth-order valence-electron chi connectivity index (χ4n) is 2.90. The van der Waals surface area contributed by atoms with Crippen LogP contribution in [0.4, 0.5) is 11.4 Å². The number of methoxy groups -OCH3 is 1. The quantitative estimate of drug-likeness (QED) is 0.303. The number of thiocarbonyl (C=S) groups is 1. The first kappa shape index (κ1) is 26.6. The highest BCUT2D eigenvalue weighted by Gasteiger charge is 2.18. The summed E-state index contributed by atoms with van der Waals surface area (Å²) in [5.74, 6) is -0.174. The van der Waals surface area contributed by atoms with Gasteiger partial charge < -0.3 is 20.1 Å². The van der Waals surface area contributed by atoms with Gasteiger partial charge in [-0.3, -0.25) is 14.9 Å². The van der Waals surface area contributed by atoms with Crippen LogP contribution < -0.4 is 25.4 Å². The number of amides is 2. The molecule has 3 aromatic carbocycles. The van der Waals surface area contributed by atoms with E-state index in [2.05, 4.69) is 16.0 Å². The van der Waals surface area contributed by atoms with Crippen molar-refractivity contribution in [2.24, 2.45) is 0 Å². The molecule has 2 amide bonds. The van der Waals surface area contributed by atoms with E-state index in [9.17, 15) is 9.59 Å². The zero-order chi connectivity index (χ0) is 25.5. The molecule has 0 aliphatic heterocycles. The molecule has 11 heteroatoms. The Kier molecular flexibility index (Phi) is 9.17. The van der Waals surface area contributed by atoms with Crippen molar-refractivity contribution >= 4 is 75.3 Å². The number of hydrogen-bond acceptors (Lipinski definition) is 5. The molecule has 0 saturated heterocycles. The second kappa shape index (κ2) is 12.1. The zero-order valence-corrected chi connectivity index (χ0v) is 21.6. The number of anilines is 2. The third-order valence-electron chi connectivity index (χ3n) is 4.63. The molecule has 1 atom stereocenters. The molecule has 0 radical (unpaired) electrons. The molecular formula is C24H20Cl3N3O4S. The van der Waals surface area contributed by atoms with Crippen LogP contribution in [-0.2, 0) is 4.79 Å². The van der Waals surface area contributed by atoms with Crippen molar-refractivity contribution in [1.29, 1.82) is 0 Å². The fraction of sp³-hybridized carbons (Fsp3) is 0.125. The minimum atomic E-state index is -0.884. The van der Waals surface area contributed by atoms with Gasteiger partial charge in [0.1, 0.15) is 11.5 Å². The van der Waals surface area contributed by atoms with Crippen molar-refractivity contribution in [1.82, 2.24) is 5.32 Å². The molecule has 3 N–H and O–H groups in total. The lowest BCUT2D eigenvalue weighted by atomic mass is 10.2. The molecule has 0 saturated carbocycles. The van der Waals surface area contributed by atoms with Gasteiger partial charge in [-0.15, -0.1) is 0 Å². The predicted octanol–water partition coefficient (Wildman–Crippen LogP) is 6.19. The second-order valence-electron chi connectivity index (χ2n) is 7.13. The Morgan fingerprint density at radius 3 is 2.34 bits per heavy atom.